The van der Waals surface area contributed by atoms with Crippen LogP contribution in [-0.2, 0) is 22.6 Å². The number of ether oxygens (including phenoxy) is 1. The summed E-state index contributed by atoms with van der Waals surface area (Å²) < 4.78 is 5.88. The summed E-state index contributed by atoms with van der Waals surface area (Å²) >= 11 is 12.7. The summed E-state index contributed by atoms with van der Waals surface area (Å²) in [6.07, 6.45) is 1.16. The van der Waals surface area contributed by atoms with Crippen molar-refractivity contribution in [3.8, 4) is 5.75 Å². The number of hydrogen-bond acceptors (Lipinski definition) is 3. The number of aryl methyl sites for hydroxylation is 2. The van der Waals surface area contributed by atoms with Gasteiger partial charge < -0.3 is 15.0 Å². The largest absolute Gasteiger partial charge is 0.484 e. The van der Waals surface area contributed by atoms with Crippen molar-refractivity contribution in [3.63, 3.8) is 0 Å². The van der Waals surface area contributed by atoms with Crippen molar-refractivity contribution in [1.82, 2.24) is 10.2 Å². The van der Waals surface area contributed by atoms with Gasteiger partial charge in [-0.2, -0.15) is 0 Å². The summed E-state index contributed by atoms with van der Waals surface area (Å²) in [6.45, 7) is 6.25. The molecule has 0 aliphatic heterocycles. The highest BCUT2D eigenvalue weighted by Gasteiger charge is 2.31. The SMILES string of the molecule is CCCNC(=O)C(Cc1ccccc1)N(Cc1ccccc1Cl)C(=O)COc1cc(C)c(Cl)c(C)c1. The maximum absolute atomic E-state index is 13.6. The summed E-state index contributed by atoms with van der Waals surface area (Å²) in [6, 6.07) is 19.9. The second-order valence-corrected chi connectivity index (χ2v) is 9.55. The monoisotopic (exact) mass is 526 g/mol. The molecule has 0 bridgehead atoms. The van der Waals surface area contributed by atoms with Crippen LogP contribution in [0.3, 0.4) is 0 Å². The molecule has 0 aromatic heterocycles. The summed E-state index contributed by atoms with van der Waals surface area (Å²) in [4.78, 5) is 28.5. The molecular formula is C29H32Cl2N2O3. The topological polar surface area (TPSA) is 58.6 Å². The molecule has 0 heterocycles. The summed E-state index contributed by atoms with van der Waals surface area (Å²) in [5, 5.41) is 4.17. The number of nitrogens with zero attached hydrogens (tertiary/aromatic N) is 1. The molecular weight excluding hydrogens is 495 g/mol. The molecule has 1 unspecified atom stereocenters. The molecule has 0 aliphatic rings. The van der Waals surface area contributed by atoms with E-state index in [1.807, 2.05) is 69.3 Å². The number of amides is 2. The van der Waals surface area contributed by atoms with Gasteiger partial charge in [-0.25, -0.2) is 0 Å². The van der Waals surface area contributed by atoms with Crippen molar-refractivity contribution in [1.29, 1.82) is 0 Å². The Morgan fingerprint density at radius 3 is 2.25 bits per heavy atom. The van der Waals surface area contributed by atoms with E-state index in [4.69, 9.17) is 27.9 Å². The lowest BCUT2D eigenvalue weighted by molar-refractivity contribution is -0.142. The smallest absolute Gasteiger partial charge is 0.261 e. The molecule has 7 heteroatoms. The molecule has 36 heavy (non-hydrogen) atoms. The maximum atomic E-state index is 13.6. The zero-order valence-corrected chi connectivity index (χ0v) is 22.4. The molecule has 0 aliphatic carbocycles. The molecule has 190 valence electrons. The van der Waals surface area contributed by atoms with Crippen molar-refractivity contribution in [2.45, 2.75) is 46.2 Å². The van der Waals surface area contributed by atoms with E-state index < -0.39 is 6.04 Å². The summed E-state index contributed by atoms with van der Waals surface area (Å²) in [5.41, 5.74) is 3.45. The average Bonchev–Trinajstić information content (AvgIpc) is 2.88. The highest BCUT2D eigenvalue weighted by atomic mass is 35.5. The van der Waals surface area contributed by atoms with Crippen molar-refractivity contribution >= 4 is 35.0 Å². The Bertz CT molecular complexity index is 1160. The fourth-order valence-corrected chi connectivity index (χ4v) is 4.25. The van der Waals surface area contributed by atoms with Gasteiger partial charge in [-0.3, -0.25) is 9.59 Å². The van der Waals surface area contributed by atoms with Crippen molar-refractivity contribution in [2.24, 2.45) is 0 Å². The first-order valence-electron chi connectivity index (χ1n) is 12.0. The van der Waals surface area contributed by atoms with E-state index in [9.17, 15) is 9.59 Å². The van der Waals surface area contributed by atoms with Crippen LogP contribution in [-0.4, -0.2) is 35.9 Å². The van der Waals surface area contributed by atoms with Crippen LogP contribution >= 0.6 is 23.2 Å². The Hall–Kier alpha value is -3.02. The minimum Gasteiger partial charge on any atom is -0.484 e. The molecule has 2 amide bonds. The van der Waals surface area contributed by atoms with Gasteiger partial charge in [-0.05, 0) is 60.7 Å². The molecule has 0 saturated heterocycles. The number of carbonyl (C=O) groups is 2. The van der Waals surface area contributed by atoms with Crippen LogP contribution in [0.15, 0.2) is 66.7 Å². The van der Waals surface area contributed by atoms with Crippen molar-refractivity contribution in [3.05, 3.63) is 99.0 Å². The molecule has 0 radical (unpaired) electrons. The van der Waals surface area contributed by atoms with Crippen LogP contribution in [0.5, 0.6) is 5.75 Å². The van der Waals surface area contributed by atoms with Crippen LogP contribution in [0.2, 0.25) is 10.0 Å². The van der Waals surface area contributed by atoms with Gasteiger partial charge in [-0.1, -0.05) is 78.7 Å². The predicted octanol–water partition coefficient (Wildman–Crippen LogP) is 6.16. The second kappa shape index (κ2) is 13.3. The molecule has 1 N–H and O–H groups in total. The molecule has 5 nitrogen and oxygen atoms in total. The van der Waals surface area contributed by atoms with Crippen molar-refractivity contribution in [2.75, 3.05) is 13.2 Å². The Morgan fingerprint density at radius 2 is 1.61 bits per heavy atom. The molecule has 3 aromatic carbocycles. The van der Waals surface area contributed by atoms with Crippen LogP contribution in [0, 0.1) is 13.8 Å². The fraction of sp³-hybridized carbons (Fsp3) is 0.310. The highest BCUT2D eigenvalue weighted by molar-refractivity contribution is 6.32. The van der Waals surface area contributed by atoms with Gasteiger partial charge >= 0.3 is 0 Å². The Balaban J connectivity index is 1.92. The third-order valence-electron chi connectivity index (χ3n) is 5.89. The lowest BCUT2D eigenvalue weighted by Gasteiger charge is -2.31. The molecule has 3 rings (SSSR count). The van der Waals surface area contributed by atoms with Gasteiger partial charge in [0.05, 0.1) is 0 Å². The third-order valence-corrected chi connectivity index (χ3v) is 6.86. The van der Waals surface area contributed by atoms with E-state index in [0.717, 1.165) is 28.7 Å². The first-order chi connectivity index (χ1) is 17.3. The van der Waals surface area contributed by atoms with Gasteiger partial charge in [0.15, 0.2) is 6.61 Å². The first kappa shape index (κ1) is 27.6. The van der Waals surface area contributed by atoms with Crippen molar-refractivity contribution < 1.29 is 14.3 Å². The number of benzene rings is 3. The number of carbonyl (C=O) groups excluding carboxylic acids is 2. The molecule has 0 fully saturated rings. The summed E-state index contributed by atoms with van der Waals surface area (Å²) in [5.74, 6) is 0.0301. The van der Waals surface area contributed by atoms with Gasteiger partial charge in [0.2, 0.25) is 5.91 Å². The Kier molecular flexibility index (Phi) is 10.2. The van der Waals surface area contributed by atoms with E-state index in [2.05, 4.69) is 5.32 Å². The van der Waals surface area contributed by atoms with Crippen LogP contribution < -0.4 is 10.1 Å². The van der Waals surface area contributed by atoms with Gasteiger partial charge in [0.25, 0.3) is 5.91 Å². The standard InChI is InChI=1S/C29H32Cl2N2O3/c1-4-14-32-29(35)26(17-22-10-6-5-7-11-22)33(18-23-12-8-9-13-25(23)30)27(34)19-36-24-15-20(2)28(31)21(3)16-24/h5-13,15-16,26H,4,14,17-19H2,1-3H3,(H,32,35). The van der Waals surface area contributed by atoms with Crippen LogP contribution in [0.4, 0.5) is 0 Å². The van der Waals surface area contributed by atoms with Gasteiger partial charge in [0.1, 0.15) is 11.8 Å². The van der Waals surface area contributed by atoms with E-state index in [-0.39, 0.29) is 25.0 Å². The van der Waals surface area contributed by atoms with Crippen LogP contribution in [0.1, 0.15) is 35.6 Å². The maximum Gasteiger partial charge on any atom is 0.261 e. The van der Waals surface area contributed by atoms with Crippen LogP contribution in [0.25, 0.3) is 0 Å². The number of rotatable bonds is 11. The Labute approximate surface area is 223 Å². The minimum absolute atomic E-state index is 0.178. The zero-order valence-electron chi connectivity index (χ0n) is 20.9. The van der Waals surface area contributed by atoms with E-state index in [1.165, 1.54) is 0 Å². The lowest BCUT2D eigenvalue weighted by Crippen LogP contribution is -2.51. The number of halogens is 2. The van der Waals surface area contributed by atoms with E-state index in [1.54, 1.807) is 23.1 Å². The predicted molar refractivity (Wildman–Crippen MR) is 146 cm³/mol. The second-order valence-electron chi connectivity index (χ2n) is 8.77. The van der Waals surface area contributed by atoms with Gasteiger partial charge in [0, 0.05) is 29.6 Å². The third kappa shape index (κ3) is 7.49. The molecule has 1 atom stereocenters. The van der Waals surface area contributed by atoms with E-state index >= 15 is 0 Å². The summed E-state index contributed by atoms with van der Waals surface area (Å²) in [7, 11) is 0. The molecule has 3 aromatic rings. The quantitative estimate of drug-likeness (QED) is 0.325. The molecule has 0 saturated carbocycles. The van der Waals surface area contributed by atoms with E-state index in [0.29, 0.717) is 28.8 Å². The molecule has 0 spiro atoms. The average molecular weight is 527 g/mol. The first-order valence-corrected chi connectivity index (χ1v) is 12.8. The lowest BCUT2D eigenvalue weighted by atomic mass is 10.0. The fourth-order valence-electron chi connectivity index (χ4n) is 3.95. The minimum atomic E-state index is -0.736. The number of nitrogens with one attached hydrogen (secondary N) is 1. The van der Waals surface area contributed by atoms with Gasteiger partial charge in [-0.15, -0.1) is 0 Å². The highest BCUT2D eigenvalue weighted by Crippen LogP contribution is 2.26. The normalized spacial score (nSPS) is 11.6. The zero-order chi connectivity index (χ0) is 26.1. The Morgan fingerprint density at radius 1 is 0.972 bits per heavy atom. The number of hydrogen-bond donors (Lipinski definition) is 1.